The van der Waals surface area contributed by atoms with E-state index in [0.29, 0.717) is 0 Å². The predicted octanol–water partition coefficient (Wildman–Crippen LogP) is 0.737. The standard InChI is InChI=1S/C13H17NO4S/c1-9-3-5-10(6-4-9)19-8-12(16)14-11(7-15)13(17)18-2/h3-6,11,15H,7-8H2,1-2H3,(H,14,16). The lowest BCUT2D eigenvalue weighted by Gasteiger charge is -2.13. The van der Waals surface area contributed by atoms with E-state index in [2.05, 4.69) is 10.1 Å². The van der Waals surface area contributed by atoms with E-state index in [-0.39, 0.29) is 11.7 Å². The molecule has 0 saturated carbocycles. The van der Waals surface area contributed by atoms with Gasteiger partial charge in [0.15, 0.2) is 6.04 Å². The molecule has 0 fully saturated rings. The number of methoxy groups -OCH3 is 1. The Bertz CT molecular complexity index is 433. The number of thioether (sulfide) groups is 1. The Morgan fingerprint density at radius 2 is 2.00 bits per heavy atom. The van der Waals surface area contributed by atoms with Crippen molar-refractivity contribution in [2.45, 2.75) is 17.9 Å². The van der Waals surface area contributed by atoms with Crippen LogP contribution in [0.25, 0.3) is 0 Å². The first-order chi connectivity index (χ1) is 9.06. The average Bonchev–Trinajstić information content (AvgIpc) is 2.43. The van der Waals surface area contributed by atoms with Gasteiger partial charge in [-0.2, -0.15) is 0 Å². The number of carbonyl (C=O) groups is 2. The number of nitrogens with one attached hydrogen (secondary N) is 1. The van der Waals surface area contributed by atoms with Gasteiger partial charge in [0, 0.05) is 4.90 Å². The van der Waals surface area contributed by atoms with Crippen LogP contribution in [0.2, 0.25) is 0 Å². The first-order valence-electron chi connectivity index (χ1n) is 5.74. The summed E-state index contributed by atoms with van der Waals surface area (Å²) in [6.07, 6.45) is 0. The smallest absolute Gasteiger partial charge is 0.330 e. The highest BCUT2D eigenvalue weighted by atomic mass is 32.2. The first-order valence-corrected chi connectivity index (χ1v) is 6.73. The number of aryl methyl sites for hydroxylation is 1. The molecule has 1 unspecified atom stereocenters. The van der Waals surface area contributed by atoms with E-state index in [1.165, 1.54) is 18.9 Å². The van der Waals surface area contributed by atoms with Crippen LogP contribution in [0, 0.1) is 6.92 Å². The third-order valence-electron chi connectivity index (χ3n) is 2.39. The Labute approximate surface area is 116 Å². The highest BCUT2D eigenvalue weighted by Crippen LogP contribution is 2.17. The fourth-order valence-electron chi connectivity index (χ4n) is 1.34. The van der Waals surface area contributed by atoms with Crippen LogP contribution in [-0.2, 0) is 14.3 Å². The van der Waals surface area contributed by atoms with Crippen molar-refractivity contribution in [1.82, 2.24) is 5.32 Å². The Balaban J connectivity index is 2.42. The third-order valence-corrected chi connectivity index (χ3v) is 3.41. The molecular weight excluding hydrogens is 266 g/mol. The van der Waals surface area contributed by atoms with E-state index >= 15 is 0 Å². The van der Waals surface area contributed by atoms with E-state index in [9.17, 15) is 9.59 Å². The summed E-state index contributed by atoms with van der Waals surface area (Å²) in [7, 11) is 1.21. The highest BCUT2D eigenvalue weighted by molar-refractivity contribution is 8.00. The molecule has 0 aromatic heterocycles. The van der Waals surface area contributed by atoms with E-state index < -0.39 is 18.6 Å². The van der Waals surface area contributed by atoms with Crippen LogP contribution in [0.3, 0.4) is 0 Å². The van der Waals surface area contributed by atoms with Crippen LogP contribution < -0.4 is 5.32 Å². The molecule has 5 nitrogen and oxygen atoms in total. The maximum Gasteiger partial charge on any atom is 0.330 e. The van der Waals surface area contributed by atoms with Crippen LogP contribution in [0.5, 0.6) is 0 Å². The summed E-state index contributed by atoms with van der Waals surface area (Å²) in [4.78, 5) is 23.8. The van der Waals surface area contributed by atoms with Gasteiger partial charge in [-0.3, -0.25) is 4.79 Å². The van der Waals surface area contributed by atoms with E-state index in [0.717, 1.165) is 10.5 Å². The summed E-state index contributed by atoms with van der Waals surface area (Å²) < 4.78 is 4.46. The summed E-state index contributed by atoms with van der Waals surface area (Å²) >= 11 is 1.36. The van der Waals surface area contributed by atoms with Crippen molar-refractivity contribution in [1.29, 1.82) is 0 Å². The molecule has 0 radical (unpaired) electrons. The van der Waals surface area contributed by atoms with Gasteiger partial charge in [-0.05, 0) is 19.1 Å². The molecule has 1 aromatic rings. The van der Waals surface area contributed by atoms with Crippen molar-refractivity contribution in [3.63, 3.8) is 0 Å². The third kappa shape index (κ3) is 5.32. The Hall–Kier alpha value is -1.53. The molecule has 19 heavy (non-hydrogen) atoms. The number of rotatable bonds is 6. The van der Waals surface area contributed by atoms with Crippen LogP contribution in [0.1, 0.15) is 5.56 Å². The maximum absolute atomic E-state index is 11.6. The molecule has 0 spiro atoms. The molecule has 0 heterocycles. The van der Waals surface area contributed by atoms with Gasteiger partial charge in [0.2, 0.25) is 5.91 Å². The van der Waals surface area contributed by atoms with Gasteiger partial charge in [-0.25, -0.2) is 4.79 Å². The zero-order valence-electron chi connectivity index (χ0n) is 10.9. The van der Waals surface area contributed by atoms with Crippen molar-refractivity contribution in [3.05, 3.63) is 29.8 Å². The van der Waals surface area contributed by atoms with Gasteiger partial charge >= 0.3 is 5.97 Å². The maximum atomic E-state index is 11.6. The lowest BCUT2D eigenvalue weighted by Crippen LogP contribution is -2.44. The van der Waals surface area contributed by atoms with Gasteiger partial charge in [-0.1, -0.05) is 17.7 Å². The van der Waals surface area contributed by atoms with Crippen molar-refractivity contribution < 1.29 is 19.4 Å². The molecule has 1 aromatic carbocycles. The molecule has 1 atom stereocenters. The SMILES string of the molecule is COC(=O)C(CO)NC(=O)CSc1ccc(C)cc1. The van der Waals surface area contributed by atoms with Crippen LogP contribution in [-0.4, -0.2) is 42.5 Å². The number of hydrogen-bond acceptors (Lipinski definition) is 5. The lowest BCUT2D eigenvalue weighted by atomic mass is 10.2. The van der Waals surface area contributed by atoms with Gasteiger partial charge in [0.1, 0.15) is 0 Å². The quantitative estimate of drug-likeness (QED) is 0.595. The minimum absolute atomic E-state index is 0.177. The fraction of sp³-hybridized carbons (Fsp3) is 0.385. The molecule has 0 saturated heterocycles. The van der Waals surface area contributed by atoms with E-state index in [1.807, 2.05) is 31.2 Å². The van der Waals surface area contributed by atoms with Crippen LogP contribution >= 0.6 is 11.8 Å². The molecule has 2 N–H and O–H groups in total. The summed E-state index contributed by atoms with van der Waals surface area (Å²) in [6, 6.07) is 6.78. The summed E-state index contributed by atoms with van der Waals surface area (Å²) in [5.41, 5.74) is 1.15. The normalized spacial score (nSPS) is 11.7. The minimum Gasteiger partial charge on any atom is -0.467 e. The number of esters is 1. The summed E-state index contributed by atoms with van der Waals surface area (Å²) in [5, 5.41) is 11.4. The van der Waals surface area contributed by atoms with Gasteiger partial charge in [-0.15, -0.1) is 11.8 Å². The van der Waals surface area contributed by atoms with Crippen LogP contribution in [0.15, 0.2) is 29.2 Å². The summed E-state index contributed by atoms with van der Waals surface area (Å²) in [5.74, 6) is -0.803. The number of aliphatic hydroxyl groups is 1. The Morgan fingerprint density at radius 1 is 1.37 bits per heavy atom. The molecular formula is C13H17NO4S. The zero-order valence-corrected chi connectivity index (χ0v) is 11.7. The van der Waals surface area contributed by atoms with Gasteiger partial charge in [0.05, 0.1) is 19.5 Å². The minimum atomic E-state index is -1.00. The monoisotopic (exact) mass is 283 g/mol. The van der Waals surface area contributed by atoms with Crippen molar-refractivity contribution in [3.8, 4) is 0 Å². The number of aliphatic hydroxyl groups excluding tert-OH is 1. The van der Waals surface area contributed by atoms with Gasteiger partial charge < -0.3 is 15.2 Å². The Kier molecular flexibility index (Phi) is 6.38. The largest absolute Gasteiger partial charge is 0.467 e. The highest BCUT2D eigenvalue weighted by Gasteiger charge is 2.20. The Morgan fingerprint density at radius 3 is 2.53 bits per heavy atom. The van der Waals surface area contributed by atoms with Crippen LogP contribution in [0.4, 0.5) is 0 Å². The average molecular weight is 283 g/mol. The number of ether oxygens (including phenoxy) is 1. The number of carbonyl (C=O) groups excluding carboxylic acids is 2. The first kappa shape index (κ1) is 15.5. The molecule has 0 aliphatic heterocycles. The second-order valence-electron chi connectivity index (χ2n) is 3.93. The van der Waals surface area contributed by atoms with E-state index in [1.54, 1.807) is 0 Å². The number of benzene rings is 1. The fourth-order valence-corrected chi connectivity index (χ4v) is 2.05. The van der Waals surface area contributed by atoms with Gasteiger partial charge in [0.25, 0.3) is 0 Å². The number of amides is 1. The molecule has 104 valence electrons. The van der Waals surface area contributed by atoms with Crippen molar-refractivity contribution in [2.24, 2.45) is 0 Å². The molecule has 0 bridgehead atoms. The molecule has 0 aliphatic rings. The topological polar surface area (TPSA) is 75.6 Å². The van der Waals surface area contributed by atoms with E-state index in [4.69, 9.17) is 5.11 Å². The molecule has 1 rings (SSSR count). The van der Waals surface area contributed by atoms with Crippen molar-refractivity contribution in [2.75, 3.05) is 19.5 Å². The zero-order chi connectivity index (χ0) is 14.3. The predicted molar refractivity (Wildman–Crippen MR) is 72.9 cm³/mol. The number of hydrogen-bond donors (Lipinski definition) is 2. The molecule has 1 amide bonds. The second-order valence-corrected chi connectivity index (χ2v) is 4.98. The molecule has 0 aliphatic carbocycles. The second kappa shape index (κ2) is 7.81. The summed E-state index contributed by atoms with van der Waals surface area (Å²) in [6.45, 7) is 1.51. The molecule has 6 heteroatoms. The lowest BCUT2D eigenvalue weighted by molar-refractivity contribution is -0.145. The van der Waals surface area contributed by atoms with Crippen molar-refractivity contribution >= 4 is 23.6 Å².